The summed E-state index contributed by atoms with van der Waals surface area (Å²) >= 11 is 1.76. The molecule has 5 nitrogen and oxygen atoms in total. The molecule has 0 spiro atoms. The smallest absolute Gasteiger partial charge is 0.249 e. The average Bonchev–Trinajstić information content (AvgIpc) is 3.16. The number of carbonyl (C=O) groups is 2. The van der Waals surface area contributed by atoms with Crippen molar-refractivity contribution >= 4 is 23.2 Å². The third-order valence-corrected chi connectivity index (χ3v) is 6.12. The van der Waals surface area contributed by atoms with Crippen molar-refractivity contribution in [3.05, 3.63) is 57.3 Å². The van der Waals surface area contributed by atoms with Crippen LogP contribution in [0.15, 0.2) is 35.7 Å². The van der Waals surface area contributed by atoms with E-state index in [1.165, 1.54) is 23.1 Å². The predicted octanol–water partition coefficient (Wildman–Crippen LogP) is 3.42. The van der Waals surface area contributed by atoms with Crippen LogP contribution < -0.4 is 0 Å². The highest BCUT2D eigenvalue weighted by Crippen LogP contribution is 2.37. The molecule has 6 heteroatoms. The van der Waals surface area contributed by atoms with Gasteiger partial charge < -0.3 is 14.5 Å². The van der Waals surface area contributed by atoms with Gasteiger partial charge in [0, 0.05) is 25.1 Å². The van der Waals surface area contributed by atoms with Crippen molar-refractivity contribution in [2.45, 2.75) is 32.7 Å². The molecule has 0 saturated heterocycles. The number of fused-ring (bicyclic) bond motifs is 1. The van der Waals surface area contributed by atoms with Crippen LogP contribution in [-0.2, 0) is 20.7 Å². The van der Waals surface area contributed by atoms with Crippen molar-refractivity contribution < 1.29 is 14.3 Å². The number of hydrogen-bond donors (Lipinski definition) is 0. The van der Waals surface area contributed by atoms with Gasteiger partial charge in [-0.3, -0.25) is 9.59 Å². The highest BCUT2D eigenvalue weighted by atomic mass is 32.1. The van der Waals surface area contributed by atoms with Gasteiger partial charge in [-0.2, -0.15) is 0 Å². The Labute approximate surface area is 170 Å². The zero-order chi connectivity index (χ0) is 20.1. The Kier molecular flexibility index (Phi) is 6.86. The third kappa shape index (κ3) is 4.45. The number of nitrogens with zero attached hydrogens (tertiary/aromatic N) is 2. The summed E-state index contributed by atoms with van der Waals surface area (Å²) in [4.78, 5) is 30.5. The fourth-order valence-electron chi connectivity index (χ4n) is 3.72. The van der Waals surface area contributed by atoms with Crippen LogP contribution in [0.3, 0.4) is 0 Å². The molecule has 1 atom stereocenters. The maximum Gasteiger partial charge on any atom is 0.249 e. The van der Waals surface area contributed by atoms with E-state index in [0.29, 0.717) is 13.1 Å². The molecule has 0 fully saturated rings. The number of ether oxygens (including phenoxy) is 1. The standard InChI is InChI=1S/C22H28N2O3S/c1-4-11-23(21(26)15-27-3)14-20(25)24-12-9-19-18(10-13-28-19)22(24)17-7-5-16(2)6-8-17/h5-8,10,13,22H,4,9,11-12,14-15H2,1-3H3/t22-/m0/s1. The number of carbonyl (C=O) groups excluding carboxylic acids is 2. The maximum absolute atomic E-state index is 13.3. The van der Waals surface area contributed by atoms with Crippen LogP contribution in [0, 0.1) is 6.92 Å². The Bertz CT molecular complexity index is 815. The number of rotatable bonds is 7. The first-order chi connectivity index (χ1) is 13.5. The molecule has 28 heavy (non-hydrogen) atoms. The van der Waals surface area contributed by atoms with E-state index in [2.05, 4.69) is 42.6 Å². The van der Waals surface area contributed by atoms with Crippen molar-refractivity contribution in [1.29, 1.82) is 0 Å². The summed E-state index contributed by atoms with van der Waals surface area (Å²) in [5.41, 5.74) is 3.52. The lowest BCUT2D eigenvalue weighted by molar-refractivity contribution is -0.143. The lowest BCUT2D eigenvalue weighted by Gasteiger charge is -2.37. The number of methoxy groups -OCH3 is 1. The van der Waals surface area contributed by atoms with Gasteiger partial charge in [0.2, 0.25) is 11.8 Å². The van der Waals surface area contributed by atoms with Gasteiger partial charge in [-0.05, 0) is 42.3 Å². The first-order valence-electron chi connectivity index (χ1n) is 9.74. The van der Waals surface area contributed by atoms with E-state index < -0.39 is 0 Å². The van der Waals surface area contributed by atoms with Gasteiger partial charge in [0.15, 0.2) is 0 Å². The van der Waals surface area contributed by atoms with Crippen molar-refractivity contribution in [1.82, 2.24) is 9.80 Å². The third-order valence-electron chi connectivity index (χ3n) is 5.12. The topological polar surface area (TPSA) is 49.9 Å². The molecular weight excluding hydrogens is 372 g/mol. The maximum atomic E-state index is 13.3. The summed E-state index contributed by atoms with van der Waals surface area (Å²) in [6.07, 6.45) is 1.67. The largest absolute Gasteiger partial charge is 0.375 e. The Hall–Kier alpha value is -2.18. The van der Waals surface area contributed by atoms with Crippen LogP contribution in [0.2, 0.25) is 0 Å². The first-order valence-corrected chi connectivity index (χ1v) is 10.6. The van der Waals surface area contributed by atoms with Crippen molar-refractivity contribution in [3.63, 3.8) is 0 Å². The Morgan fingerprint density at radius 2 is 2.00 bits per heavy atom. The summed E-state index contributed by atoms with van der Waals surface area (Å²) < 4.78 is 4.98. The van der Waals surface area contributed by atoms with E-state index in [1.54, 1.807) is 16.2 Å². The van der Waals surface area contributed by atoms with Gasteiger partial charge in [-0.25, -0.2) is 0 Å². The predicted molar refractivity (Wildman–Crippen MR) is 112 cm³/mol. The van der Waals surface area contributed by atoms with E-state index in [0.717, 1.165) is 18.4 Å². The average molecular weight is 401 g/mol. The fourth-order valence-corrected chi connectivity index (χ4v) is 4.63. The molecule has 0 N–H and O–H groups in total. The second kappa shape index (κ2) is 9.34. The molecule has 1 aliphatic rings. The normalized spacial score (nSPS) is 16.0. The molecule has 1 aliphatic heterocycles. The molecule has 0 bridgehead atoms. The lowest BCUT2D eigenvalue weighted by atomic mass is 9.92. The zero-order valence-corrected chi connectivity index (χ0v) is 17.6. The fraction of sp³-hybridized carbons (Fsp3) is 0.455. The van der Waals surface area contributed by atoms with Gasteiger partial charge in [-0.1, -0.05) is 36.8 Å². The second-order valence-corrected chi connectivity index (χ2v) is 8.20. The number of amides is 2. The van der Waals surface area contributed by atoms with Gasteiger partial charge in [0.05, 0.1) is 12.6 Å². The summed E-state index contributed by atoms with van der Waals surface area (Å²) in [5, 5.41) is 2.10. The SMILES string of the molecule is CCCN(CC(=O)N1CCc2sccc2[C@@H]1c1ccc(C)cc1)C(=O)COC. The Morgan fingerprint density at radius 1 is 1.25 bits per heavy atom. The number of hydrogen-bond acceptors (Lipinski definition) is 4. The van der Waals surface area contributed by atoms with E-state index in [9.17, 15) is 9.59 Å². The number of benzene rings is 1. The van der Waals surface area contributed by atoms with Crippen molar-refractivity contribution in [3.8, 4) is 0 Å². The highest BCUT2D eigenvalue weighted by molar-refractivity contribution is 7.10. The van der Waals surface area contributed by atoms with Crippen molar-refractivity contribution in [2.24, 2.45) is 0 Å². The molecule has 0 saturated carbocycles. The highest BCUT2D eigenvalue weighted by Gasteiger charge is 2.33. The van der Waals surface area contributed by atoms with Gasteiger partial charge in [0.1, 0.15) is 6.61 Å². The van der Waals surface area contributed by atoms with Crippen LogP contribution in [0.4, 0.5) is 0 Å². The Balaban J connectivity index is 1.87. The molecule has 2 amide bonds. The second-order valence-electron chi connectivity index (χ2n) is 7.20. The van der Waals surface area contributed by atoms with Gasteiger partial charge >= 0.3 is 0 Å². The quantitative estimate of drug-likeness (QED) is 0.716. The molecule has 0 unspecified atom stereocenters. The Morgan fingerprint density at radius 3 is 2.68 bits per heavy atom. The number of thiophene rings is 1. The summed E-state index contributed by atoms with van der Waals surface area (Å²) in [6.45, 7) is 5.39. The molecule has 0 radical (unpaired) electrons. The molecule has 0 aliphatic carbocycles. The molecule has 1 aromatic heterocycles. The number of aryl methyl sites for hydroxylation is 1. The minimum absolute atomic E-state index is 0.00332. The van der Waals surface area contributed by atoms with Crippen LogP contribution in [-0.4, -0.2) is 55.0 Å². The van der Waals surface area contributed by atoms with Crippen LogP contribution in [0.1, 0.15) is 41.0 Å². The molecule has 150 valence electrons. The van der Waals surface area contributed by atoms with Crippen LogP contribution in [0.5, 0.6) is 0 Å². The van der Waals surface area contributed by atoms with Crippen LogP contribution in [0.25, 0.3) is 0 Å². The minimum Gasteiger partial charge on any atom is -0.375 e. The van der Waals surface area contributed by atoms with Crippen LogP contribution >= 0.6 is 11.3 Å². The van der Waals surface area contributed by atoms with E-state index in [-0.39, 0.29) is 31.0 Å². The van der Waals surface area contributed by atoms with E-state index in [4.69, 9.17) is 4.74 Å². The molecule has 2 heterocycles. The van der Waals surface area contributed by atoms with Gasteiger partial charge in [-0.15, -0.1) is 11.3 Å². The summed E-state index contributed by atoms with van der Waals surface area (Å²) in [5.74, 6) is -0.154. The van der Waals surface area contributed by atoms with E-state index in [1.807, 2.05) is 11.8 Å². The molecular formula is C22H28N2O3S. The molecule has 2 aromatic rings. The minimum atomic E-state index is -0.141. The molecule has 1 aromatic carbocycles. The van der Waals surface area contributed by atoms with Gasteiger partial charge in [0.25, 0.3) is 0 Å². The summed E-state index contributed by atoms with van der Waals surface area (Å²) in [6, 6.07) is 10.4. The lowest BCUT2D eigenvalue weighted by Crippen LogP contribution is -2.47. The molecule has 3 rings (SSSR count). The van der Waals surface area contributed by atoms with Crippen molar-refractivity contribution in [2.75, 3.05) is 33.4 Å². The van der Waals surface area contributed by atoms with E-state index >= 15 is 0 Å². The monoisotopic (exact) mass is 400 g/mol. The first kappa shape index (κ1) is 20.6. The summed E-state index contributed by atoms with van der Waals surface area (Å²) in [7, 11) is 1.50. The zero-order valence-electron chi connectivity index (χ0n) is 16.8.